The van der Waals surface area contributed by atoms with Crippen molar-refractivity contribution in [1.29, 1.82) is 0 Å². The molecule has 2 heteroatoms. The monoisotopic (exact) mass is 528 g/mol. The summed E-state index contributed by atoms with van der Waals surface area (Å²) >= 11 is 0. The van der Waals surface area contributed by atoms with Crippen molar-refractivity contribution in [2.45, 2.75) is 37.5 Å². The Morgan fingerprint density at radius 3 is 2.22 bits per heavy atom. The van der Waals surface area contributed by atoms with Crippen LogP contribution in [0.5, 0.6) is 0 Å². The van der Waals surface area contributed by atoms with E-state index < -0.39 is 0 Å². The highest BCUT2D eigenvalue weighted by Gasteiger charge is 2.45. The maximum Gasteiger partial charge on any atom is 0.0645 e. The standard InChI is InChI=1S/C39H32N2/c1-2-12-33-34-23-17-28(26-36(34)39(24-8-9-25-39)35(33)13-3-1)16-20-31-21-22-32(27-40-31)41-37-14-6-4-10-29(37)18-19-30-11-5-7-15-38(30)41/h1-7,10-11,13-23,26-27H,8-9,12,24-25H2/b20-16+. The van der Waals surface area contributed by atoms with Gasteiger partial charge in [-0.05, 0) is 88.6 Å². The van der Waals surface area contributed by atoms with Crippen LogP contribution in [0.15, 0.2) is 115 Å². The number of aromatic nitrogens is 1. The molecule has 0 amide bonds. The number of pyridine rings is 1. The lowest BCUT2D eigenvalue weighted by Crippen LogP contribution is -2.21. The summed E-state index contributed by atoms with van der Waals surface area (Å²) in [4.78, 5) is 7.20. The summed E-state index contributed by atoms with van der Waals surface area (Å²) in [5.41, 5.74) is 14.3. The van der Waals surface area contributed by atoms with Crippen molar-refractivity contribution in [2.75, 3.05) is 4.90 Å². The van der Waals surface area contributed by atoms with Crippen LogP contribution >= 0.6 is 0 Å². The average molecular weight is 529 g/mol. The van der Waals surface area contributed by atoms with Crippen molar-refractivity contribution in [1.82, 2.24) is 4.98 Å². The molecule has 0 saturated heterocycles. The molecule has 1 saturated carbocycles. The van der Waals surface area contributed by atoms with Gasteiger partial charge in [-0.3, -0.25) is 4.98 Å². The average Bonchev–Trinajstić information content (AvgIpc) is 3.43. The highest BCUT2D eigenvalue weighted by atomic mass is 15.2. The Labute approximate surface area is 242 Å². The van der Waals surface area contributed by atoms with Gasteiger partial charge in [0.05, 0.1) is 29.0 Å². The van der Waals surface area contributed by atoms with E-state index in [0.717, 1.165) is 29.2 Å². The Morgan fingerprint density at radius 1 is 0.732 bits per heavy atom. The van der Waals surface area contributed by atoms with E-state index >= 15 is 0 Å². The molecule has 198 valence electrons. The molecule has 1 aliphatic heterocycles. The quantitative estimate of drug-likeness (QED) is 0.232. The molecule has 1 fully saturated rings. The van der Waals surface area contributed by atoms with E-state index in [1.54, 1.807) is 5.57 Å². The van der Waals surface area contributed by atoms with Gasteiger partial charge in [-0.15, -0.1) is 0 Å². The molecule has 0 bridgehead atoms. The summed E-state index contributed by atoms with van der Waals surface area (Å²) < 4.78 is 0. The minimum absolute atomic E-state index is 0.200. The summed E-state index contributed by atoms with van der Waals surface area (Å²) in [6.07, 6.45) is 26.1. The first-order chi connectivity index (χ1) is 20.3. The fraction of sp³-hybridized carbons (Fsp3) is 0.154. The molecule has 0 N–H and O–H groups in total. The Kier molecular flexibility index (Phi) is 5.74. The fourth-order valence-electron chi connectivity index (χ4n) is 7.38. The molecule has 0 radical (unpaired) electrons. The van der Waals surface area contributed by atoms with Gasteiger partial charge in [0.25, 0.3) is 0 Å². The third-order valence-electron chi connectivity index (χ3n) is 9.29. The van der Waals surface area contributed by atoms with Crippen LogP contribution in [0.25, 0.3) is 29.9 Å². The van der Waals surface area contributed by atoms with E-state index in [2.05, 4.69) is 132 Å². The van der Waals surface area contributed by atoms with Crippen molar-refractivity contribution in [3.05, 3.63) is 148 Å². The molecule has 2 nitrogen and oxygen atoms in total. The van der Waals surface area contributed by atoms with Crippen LogP contribution < -0.4 is 4.90 Å². The Morgan fingerprint density at radius 2 is 1.49 bits per heavy atom. The van der Waals surface area contributed by atoms with Gasteiger partial charge in [-0.2, -0.15) is 0 Å². The molecule has 1 spiro atoms. The number of rotatable bonds is 3. The van der Waals surface area contributed by atoms with Crippen LogP contribution in [0.4, 0.5) is 17.1 Å². The van der Waals surface area contributed by atoms with E-state index in [0.29, 0.717) is 0 Å². The van der Waals surface area contributed by atoms with Gasteiger partial charge in [0.15, 0.2) is 0 Å². The van der Waals surface area contributed by atoms with Crippen molar-refractivity contribution in [2.24, 2.45) is 0 Å². The molecule has 3 aromatic carbocycles. The van der Waals surface area contributed by atoms with Crippen LogP contribution in [0.2, 0.25) is 0 Å². The van der Waals surface area contributed by atoms with Gasteiger partial charge < -0.3 is 4.90 Å². The zero-order valence-corrected chi connectivity index (χ0v) is 23.1. The second-order valence-corrected chi connectivity index (χ2v) is 11.5. The Bertz CT molecular complexity index is 1760. The van der Waals surface area contributed by atoms with Gasteiger partial charge in [0.1, 0.15) is 0 Å². The lowest BCUT2D eigenvalue weighted by atomic mass is 9.75. The number of allylic oxidation sites excluding steroid dienone is 6. The lowest BCUT2D eigenvalue weighted by molar-refractivity contribution is 0.545. The molecular formula is C39H32N2. The Balaban J connectivity index is 1.11. The summed E-state index contributed by atoms with van der Waals surface area (Å²) in [5, 5.41) is 0. The van der Waals surface area contributed by atoms with Crippen molar-refractivity contribution >= 4 is 46.9 Å². The molecule has 41 heavy (non-hydrogen) atoms. The number of hydrogen-bond donors (Lipinski definition) is 0. The SMILES string of the molecule is C1=CCC2=C(C=C1)C1(CCCC1)c1cc(/C=C/c3ccc(N4c5ccccc5C=Cc5ccccc54)cn3)ccc12. The molecular weight excluding hydrogens is 496 g/mol. The third-order valence-corrected chi connectivity index (χ3v) is 9.29. The summed E-state index contributed by atoms with van der Waals surface area (Å²) in [7, 11) is 0. The summed E-state index contributed by atoms with van der Waals surface area (Å²) in [6, 6.07) is 28.5. The topological polar surface area (TPSA) is 16.1 Å². The molecule has 4 aromatic rings. The molecule has 4 aliphatic rings. The van der Waals surface area contributed by atoms with Crippen LogP contribution in [-0.2, 0) is 5.41 Å². The smallest absolute Gasteiger partial charge is 0.0645 e. The summed E-state index contributed by atoms with van der Waals surface area (Å²) in [6.45, 7) is 0. The maximum absolute atomic E-state index is 4.88. The van der Waals surface area contributed by atoms with Crippen LogP contribution in [0, 0.1) is 0 Å². The largest absolute Gasteiger partial charge is 0.308 e. The zero-order chi connectivity index (χ0) is 27.2. The first-order valence-corrected chi connectivity index (χ1v) is 14.8. The van der Waals surface area contributed by atoms with Crippen LogP contribution in [0.3, 0.4) is 0 Å². The minimum atomic E-state index is 0.200. The second-order valence-electron chi connectivity index (χ2n) is 11.5. The van der Waals surface area contributed by atoms with E-state index in [1.165, 1.54) is 59.1 Å². The number of benzene rings is 3. The number of fused-ring (bicyclic) bond motifs is 6. The first-order valence-electron chi connectivity index (χ1n) is 14.8. The lowest BCUT2D eigenvalue weighted by Gasteiger charge is -2.28. The molecule has 8 rings (SSSR count). The van der Waals surface area contributed by atoms with Crippen molar-refractivity contribution in [3.8, 4) is 0 Å². The van der Waals surface area contributed by atoms with Crippen molar-refractivity contribution < 1.29 is 0 Å². The van der Waals surface area contributed by atoms with Gasteiger partial charge in [0.2, 0.25) is 0 Å². The minimum Gasteiger partial charge on any atom is -0.308 e. The van der Waals surface area contributed by atoms with Gasteiger partial charge in [-0.1, -0.05) is 110 Å². The van der Waals surface area contributed by atoms with Gasteiger partial charge in [-0.25, -0.2) is 0 Å². The van der Waals surface area contributed by atoms with E-state index in [-0.39, 0.29) is 5.41 Å². The van der Waals surface area contributed by atoms with Crippen LogP contribution in [-0.4, -0.2) is 4.98 Å². The van der Waals surface area contributed by atoms with Crippen molar-refractivity contribution in [3.63, 3.8) is 0 Å². The normalized spacial score (nSPS) is 17.9. The highest BCUT2D eigenvalue weighted by molar-refractivity contribution is 5.93. The second kappa shape index (κ2) is 9.74. The molecule has 1 aromatic heterocycles. The molecule has 2 heterocycles. The zero-order valence-electron chi connectivity index (χ0n) is 23.1. The number of hydrogen-bond acceptors (Lipinski definition) is 2. The molecule has 3 aliphatic carbocycles. The predicted molar refractivity (Wildman–Crippen MR) is 173 cm³/mol. The molecule has 0 atom stereocenters. The van der Waals surface area contributed by atoms with E-state index in [1.807, 2.05) is 6.20 Å². The summed E-state index contributed by atoms with van der Waals surface area (Å²) in [5.74, 6) is 0. The fourth-order valence-corrected chi connectivity index (χ4v) is 7.38. The predicted octanol–water partition coefficient (Wildman–Crippen LogP) is 10.3. The van der Waals surface area contributed by atoms with Gasteiger partial charge >= 0.3 is 0 Å². The molecule has 0 unspecified atom stereocenters. The van der Waals surface area contributed by atoms with E-state index in [4.69, 9.17) is 4.98 Å². The maximum atomic E-state index is 4.88. The first kappa shape index (κ1) is 24.1. The number of anilines is 3. The van der Waals surface area contributed by atoms with Crippen LogP contribution in [0.1, 0.15) is 65.6 Å². The number of para-hydroxylation sites is 2. The third kappa shape index (κ3) is 3.97. The number of nitrogens with zero attached hydrogens (tertiary/aromatic N) is 2. The Hall–Kier alpha value is -4.69. The van der Waals surface area contributed by atoms with Gasteiger partial charge in [0, 0.05) is 5.41 Å². The van der Waals surface area contributed by atoms with E-state index in [9.17, 15) is 0 Å². The highest BCUT2D eigenvalue weighted by Crippen LogP contribution is 2.57.